The van der Waals surface area contributed by atoms with E-state index in [-0.39, 0.29) is 17.7 Å². The lowest BCUT2D eigenvalue weighted by Crippen LogP contribution is -2.37. The molecule has 1 spiro atoms. The molecule has 0 N–H and O–H groups in total. The Morgan fingerprint density at radius 1 is 1.29 bits per heavy atom. The van der Waals surface area contributed by atoms with Gasteiger partial charge in [-0.3, -0.25) is 14.5 Å². The van der Waals surface area contributed by atoms with Crippen molar-refractivity contribution in [3.05, 3.63) is 59.7 Å². The van der Waals surface area contributed by atoms with Gasteiger partial charge < -0.3 is 0 Å². The van der Waals surface area contributed by atoms with Gasteiger partial charge in [0, 0.05) is 12.3 Å². The van der Waals surface area contributed by atoms with Crippen molar-refractivity contribution >= 4 is 11.8 Å². The molecule has 3 atom stereocenters. The highest BCUT2D eigenvalue weighted by atomic mass is 16.2. The summed E-state index contributed by atoms with van der Waals surface area (Å²) in [5.74, 6) is 0.198. The van der Waals surface area contributed by atoms with Gasteiger partial charge in [0.15, 0.2) is 0 Å². The minimum Gasteiger partial charge on any atom is -0.278 e. The maximum Gasteiger partial charge on any atom is 0.237 e. The Bertz CT molecular complexity index is 715. The molecule has 24 heavy (non-hydrogen) atoms. The number of nitrogens with zero attached hydrogens (tertiary/aromatic N) is 1. The Labute approximate surface area is 144 Å². The van der Waals surface area contributed by atoms with Gasteiger partial charge in [0.25, 0.3) is 0 Å². The molecule has 1 saturated heterocycles. The predicted octanol–water partition coefficient (Wildman–Crippen LogP) is 4.11. The van der Waals surface area contributed by atoms with Crippen molar-refractivity contribution < 1.29 is 9.59 Å². The molecule has 1 saturated carbocycles. The maximum absolute atomic E-state index is 13.3. The molecule has 1 aromatic rings. The normalized spacial score (nSPS) is 29.6. The third-order valence-corrected chi connectivity index (χ3v) is 5.57. The van der Waals surface area contributed by atoms with E-state index in [1.165, 1.54) is 16.0 Å². The Balaban J connectivity index is 1.96. The molecule has 0 bridgehead atoms. The van der Waals surface area contributed by atoms with E-state index in [1.54, 1.807) is 0 Å². The van der Waals surface area contributed by atoms with Crippen LogP contribution in [0.3, 0.4) is 0 Å². The van der Waals surface area contributed by atoms with Crippen LogP contribution in [0, 0.1) is 17.3 Å². The minimum atomic E-state index is -0.625. The Hall–Kier alpha value is -2.16. The van der Waals surface area contributed by atoms with Gasteiger partial charge in [-0.2, -0.15) is 0 Å². The number of likely N-dealkylation sites (tertiary alicyclic amines) is 1. The first-order valence-corrected chi connectivity index (χ1v) is 8.59. The number of hydrogen-bond donors (Lipinski definition) is 0. The topological polar surface area (TPSA) is 37.4 Å². The van der Waals surface area contributed by atoms with E-state index >= 15 is 0 Å². The summed E-state index contributed by atoms with van der Waals surface area (Å²) in [6.45, 7) is 10.7. The highest BCUT2D eigenvalue weighted by Gasteiger charge is 2.60. The average molecular weight is 323 g/mol. The van der Waals surface area contributed by atoms with Gasteiger partial charge >= 0.3 is 0 Å². The van der Waals surface area contributed by atoms with Crippen molar-refractivity contribution in [3.63, 3.8) is 0 Å². The van der Waals surface area contributed by atoms with Crippen LogP contribution >= 0.6 is 0 Å². The van der Waals surface area contributed by atoms with Crippen LogP contribution in [0.25, 0.3) is 0 Å². The third-order valence-electron chi connectivity index (χ3n) is 5.57. The summed E-state index contributed by atoms with van der Waals surface area (Å²) in [4.78, 5) is 27.4. The summed E-state index contributed by atoms with van der Waals surface area (Å²) >= 11 is 0. The molecule has 1 aliphatic heterocycles. The number of amides is 2. The average Bonchev–Trinajstić information content (AvgIpc) is 2.96. The summed E-state index contributed by atoms with van der Waals surface area (Å²) in [5.41, 5.74) is 2.89. The van der Waals surface area contributed by atoms with Crippen LogP contribution in [0.5, 0.6) is 0 Å². The lowest BCUT2D eigenvalue weighted by atomic mass is 9.75. The molecule has 2 aliphatic rings. The zero-order valence-electron chi connectivity index (χ0n) is 14.7. The predicted molar refractivity (Wildman–Crippen MR) is 94.9 cm³/mol. The van der Waals surface area contributed by atoms with E-state index in [4.69, 9.17) is 0 Å². The lowest BCUT2D eigenvalue weighted by molar-refractivity contribution is -0.142. The fourth-order valence-corrected chi connectivity index (χ4v) is 4.70. The fraction of sp³-hybridized carbons (Fsp3) is 0.429. The Morgan fingerprint density at radius 3 is 2.54 bits per heavy atom. The van der Waals surface area contributed by atoms with Crippen molar-refractivity contribution in [1.82, 2.24) is 4.90 Å². The minimum absolute atomic E-state index is 0.0237. The van der Waals surface area contributed by atoms with Crippen LogP contribution in [0.15, 0.2) is 54.1 Å². The summed E-state index contributed by atoms with van der Waals surface area (Å²) in [6.07, 6.45) is 2.92. The number of carbonyl (C=O) groups excluding carboxylic acids is 2. The molecule has 1 heterocycles. The van der Waals surface area contributed by atoms with Crippen LogP contribution in [-0.2, 0) is 16.1 Å². The molecule has 1 aromatic carbocycles. The van der Waals surface area contributed by atoms with Gasteiger partial charge in [-0.15, -0.1) is 6.58 Å². The molecule has 2 fully saturated rings. The first kappa shape index (κ1) is 16.7. The van der Waals surface area contributed by atoms with Gasteiger partial charge in [0.2, 0.25) is 11.8 Å². The molecule has 0 aromatic heterocycles. The smallest absolute Gasteiger partial charge is 0.237 e. The van der Waals surface area contributed by atoms with Gasteiger partial charge in [0.1, 0.15) is 0 Å². The molecule has 0 radical (unpaired) electrons. The van der Waals surface area contributed by atoms with E-state index in [1.807, 2.05) is 36.4 Å². The second-order valence-corrected chi connectivity index (χ2v) is 7.38. The van der Waals surface area contributed by atoms with Gasteiger partial charge in [-0.25, -0.2) is 0 Å². The number of hydrogen-bond acceptors (Lipinski definition) is 2. The monoisotopic (exact) mass is 323 g/mol. The van der Waals surface area contributed by atoms with E-state index < -0.39 is 5.41 Å². The van der Waals surface area contributed by atoms with E-state index in [9.17, 15) is 9.59 Å². The molecule has 1 aliphatic carbocycles. The van der Waals surface area contributed by atoms with Crippen molar-refractivity contribution in [3.8, 4) is 0 Å². The third kappa shape index (κ3) is 2.43. The van der Waals surface area contributed by atoms with Crippen LogP contribution in [-0.4, -0.2) is 16.7 Å². The van der Waals surface area contributed by atoms with Gasteiger partial charge in [-0.05, 0) is 31.7 Å². The fourth-order valence-electron chi connectivity index (χ4n) is 4.70. The first-order valence-electron chi connectivity index (χ1n) is 8.59. The SMILES string of the molecule is C=CC1C(=C(C)C)C(C)CC12CC(=O)N(Cc1ccccc1)C2=O. The molecule has 2 amide bonds. The zero-order chi connectivity index (χ0) is 17.5. The molecular weight excluding hydrogens is 298 g/mol. The van der Waals surface area contributed by atoms with E-state index in [0.29, 0.717) is 18.9 Å². The van der Waals surface area contributed by atoms with Crippen LogP contribution < -0.4 is 0 Å². The Morgan fingerprint density at radius 2 is 1.96 bits per heavy atom. The van der Waals surface area contributed by atoms with Crippen molar-refractivity contribution in [2.45, 2.75) is 40.2 Å². The second kappa shape index (κ2) is 6.04. The zero-order valence-corrected chi connectivity index (χ0v) is 14.7. The summed E-state index contributed by atoms with van der Waals surface area (Å²) in [5, 5.41) is 0. The second-order valence-electron chi connectivity index (χ2n) is 7.38. The number of allylic oxidation sites excluding steroid dienone is 3. The van der Waals surface area contributed by atoms with Gasteiger partial charge in [0.05, 0.1) is 12.0 Å². The molecule has 126 valence electrons. The van der Waals surface area contributed by atoms with Crippen molar-refractivity contribution in [1.29, 1.82) is 0 Å². The van der Waals surface area contributed by atoms with Crippen LogP contribution in [0.1, 0.15) is 39.2 Å². The molecule has 3 nitrogen and oxygen atoms in total. The van der Waals surface area contributed by atoms with Crippen LogP contribution in [0.4, 0.5) is 0 Å². The number of imide groups is 1. The number of benzene rings is 1. The van der Waals surface area contributed by atoms with Crippen molar-refractivity contribution in [2.24, 2.45) is 17.3 Å². The molecule has 3 unspecified atom stereocenters. The Kier molecular flexibility index (Phi) is 4.20. The standard InChI is InChI=1S/C21H25NO2/c1-5-17-19(14(2)3)15(4)11-21(17)12-18(23)22(20(21)24)13-16-9-7-6-8-10-16/h5-10,15,17H,1,11-13H2,2-4H3. The largest absolute Gasteiger partial charge is 0.278 e. The lowest BCUT2D eigenvalue weighted by Gasteiger charge is -2.27. The quantitative estimate of drug-likeness (QED) is 0.620. The van der Waals surface area contributed by atoms with E-state index in [2.05, 4.69) is 27.4 Å². The number of rotatable bonds is 3. The molecule has 3 heteroatoms. The molecular formula is C21H25NO2. The van der Waals surface area contributed by atoms with Crippen molar-refractivity contribution in [2.75, 3.05) is 0 Å². The summed E-state index contributed by atoms with van der Waals surface area (Å²) < 4.78 is 0. The highest BCUT2D eigenvalue weighted by Crippen LogP contribution is 2.57. The van der Waals surface area contributed by atoms with Crippen LogP contribution in [0.2, 0.25) is 0 Å². The number of carbonyl (C=O) groups is 2. The molecule has 3 rings (SSSR count). The maximum atomic E-state index is 13.3. The van der Waals surface area contributed by atoms with E-state index in [0.717, 1.165) is 12.0 Å². The van der Waals surface area contributed by atoms with Gasteiger partial charge in [-0.1, -0.05) is 54.5 Å². The summed E-state index contributed by atoms with van der Waals surface area (Å²) in [7, 11) is 0. The highest BCUT2D eigenvalue weighted by molar-refractivity contribution is 6.06. The first-order chi connectivity index (χ1) is 11.4. The summed E-state index contributed by atoms with van der Waals surface area (Å²) in [6, 6.07) is 9.71.